The van der Waals surface area contributed by atoms with E-state index in [1.165, 1.54) is 0 Å². The molecule has 2 N–H and O–H groups in total. The molecule has 4 nitrogen and oxygen atoms in total. The van der Waals surface area contributed by atoms with Gasteiger partial charge in [-0.15, -0.1) is 0 Å². The van der Waals surface area contributed by atoms with Crippen molar-refractivity contribution in [2.45, 2.75) is 25.4 Å². The average molecular weight is 385 g/mol. The predicted molar refractivity (Wildman–Crippen MR) is 101 cm³/mol. The first-order chi connectivity index (χ1) is 13.3. The normalized spacial score (nSPS) is 12.6. The highest BCUT2D eigenvalue weighted by atomic mass is 19.4. The van der Waals surface area contributed by atoms with Crippen LogP contribution < -0.4 is 0 Å². The molecule has 0 radical (unpaired) electrons. The monoisotopic (exact) mass is 385 g/mol. The summed E-state index contributed by atoms with van der Waals surface area (Å²) in [5.74, 6) is -0.711. The van der Waals surface area contributed by atoms with Gasteiger partial charge >= 0.3 is 6.18 Å². The number of aromatic amines is 1. The largest absolute Gasteiger partial charge is 0.416 e. The number of nitrogens with zero attached hydrogens (tertiary/aromatic N) is 1. The number of alkyl halides is 3. The summed E-state index contributed by atoms with van der Waals surface area (Å²) in [6.45, 7) is 1.82. The van der Waals surface area contributed by atoms with Gasteiger partial charge in [0.2, 0.25) is 5.78 Å². The number of ketones is 1. The van der Waals surface area contributed by atoms with E-state index >= 15 is 0 Å². The second-order valence-electron chi connectivity index (χ2n) is 6.33. The molecular formula is C21H18F3N3O. The van der Waals surface area contributed by atoms with Crippen molar-refractivity contribution >= 4 is 11.5 Å². The standard InChI is InChI=1S/C21H18F3N3O/c1-2-16(20-26-12-17(27-20)13-6-4-3-5-7-13)18(25)19(28)14-8-10-15(11-9-14)21(22,23)24/h3-12,16,25H,2H2,1H3,(H,26,27). The molecule has 0 saturated carbocycles. The minimum Gasteiger partial charge on any atom is -0.341 e. The maximum atomic E-state index is 12.7. The Labute approximate surface area is 160 Å². The number of rotatable bonds is 6. The van der Waals surface area contributed by atoms with E-state index in [-0.39, 0.29) is 11.3 Å². The van der Waals surface area contributed by atoms with Gasteiger partial charge in [0.25, 0.3) is 0 Å². The van der Waals surface area contributed by atoms with Gasteiger partial charge in [-0.3, -0.25) is 4.79 Å². The van der Waals surface area contributed by atoms with E-state index in [1.807, 2.05) is 37.3 Å². The predicted octanol–water partition coefficient (Wildman–Crippen LogP) is 5.49. The summed E-state index contributed by atoms with van der Waals surface area (Å²) >= 11 is 0. The Balaban J connectivity index is 1.82. The van der Waals surface area contributed by atoms with Crippen molar-refractivity contribution in [3.8, 4) is 11.3 Å². The van der Waals surface area contributed by atoms with E-state index in [0.29, 0.717) is 12.2 Å². The molecule has 3 aromatic rings. The topological polar surface area (TPSA) is 69.6 Å². The highest BCUT2D eigenvalue weighted by molar-refractivity contribution is 6.46. The van der Waals surface area contributed by atoms with Gasteiger partial charge in [-0.05, 0) is 24.1 Å². The second-order valence-corrected chi connectivity index (χ2v) is 6.33. The van der Waals surface area contributed by atoms with Crippen molar-refractivity contribution in [2.24, 2.45) is 0 Å². The van der Waals surface area contributed by atoms with Crippen LogP contribution in [0.15, 0.2) is 60.8 Å². The molecular weight excluding hydrogens is 367 g/mol. The van der Waals surface area contributed by atoms with E-state index in [4.69, 9.17) is 5.41 Å². The summed E-state index contributed by atoms with van der Waals surface area (Å²) in [6.07, 6.45) is -2.38. The minimum atomic E-state index is -4.47. The van der Waals surface area contributed by atoms with Crippen LogP contribution in [-0.4, -0.2) is 21.5 Å². The summed E-state index contributed by atoms with van der Waals surface area (Å²) in [7, 11) is 0. The fourth-order valence-corrected chi connectivity index (χ4v) is 2.94. The van der Waals surface area contributed by atoms with Crippen LogP contribution in [-0.2, 0) is 6.18 Å². The van der Waals surface area contributed by atoms with Crippen molar-refractivity contribution < 1.29 is 18.0 Å². The molecule has 0 aliphatic rings. The zero-order valence-corrected chi connectivity index (χ0v) is 15.0. The number of carbonyl (C=O) groups is 1. The molecule has 0 spiro atoms. The van der Waals surface area contributed by atoms with Gasteiger partial charge in [-0.25, -0.2) is 4.98 Å². The highest BCUT2D eigenvalue weighted by Crippen LogP contribution is 2.30. The second kappa shape index (κ2) is 7.80. The van der Waals surface area contributed by atoms with Gasteiger partial charge in [0.1, 0.15) is 5.82 Å². The van der Waals surface area contributed by atoms with Crippen LogP contribution in [0.4, 0.5) is 13.2 Å². The Hall–Kier alpha value is -3.22. The van der Waals surface area contributed by atoms with Gasteiger partial charge in [0.15, 0.2) is 0 Å². The summed E-state index contributed by atoms with van der Waals surface area (Å²) in [6, 6.07) is 13.4. The maximum Gasteiger partial charge on any atom is 0.416 e. The lowest BCUT2D eigenvalue weighted by Gasteiger charge is -2.14. The molecule has 3 rings (SSSR count). The van der Waals surface area contributed by atoms with Crippen molar-refractivity contribution in [3.05, 3.63) is 77.7 Å². The van der Waals surface area contributed by atoms with Crippen LogP contribution in [0.5, 0.6) is 0 Å². The van der Waals surface area contributed by atoms with Crippen LogP contribution in [0.2, 0.25) is 0 Å². The molecule has 0 aliphatic heterocycles. The molecule has 144 valence electrons. The van der Waals surface area contributed by atoms with Crippen molar-refractivity contribution in [2.75, 3.05) is 0 Å². The summed E-state index contributed by atoms with van der Waals surface area (Å²) in [5.41, 5.74) is 0.698. The van der Waals surface area contributed by atoms with Crippen molar-refractivity contribution in [3.63, 3.8) is 0 Å². The Kier molecular flexibility index (Phi) is 5.44. The van der Waals surface area contributed by atoms with Gasteiger partial charge in [0, 0.05) is 5.56 Å². The lowest BCUT2D eigenvalue weighted by atomic mass is 9.92. The van der Waals surface area contributed by atoms with Crippen LogP contribution >= 0.6 is 0 Å². The molecule has 0 bridgehead atoms. The number of benzene rings is 2. The third-order valence-corrected chi connectivity index (χ3v) is 4.49. The van der Waals surface area contributed by atoms with Crippen LogP contribution in [0.3, 0.4) is 0 Å². The van der Waals surface area contributed by atoms with Crippen LogP contribution in [0, 0.1) is 5.41 Å². The molecule has 1 heterocycles. The lowest BCUT2D eigenvalue weighted by Crippen LogP contribution is -2.22. The Morgan fingerprint density at radius 2 is 1.75 bits per heavy atom. The zero-order chi connectivity index (χ0) is 20.3. The fraction of sp³-hybridized carbons (Fsp3) is 0.190. The summed E-state index contributed by atoms with van der Waals surface area (Å²) in [4.78, 5) is 20.1. The molecule has 28 heavy (non-hydrogen) atoms. The number of hydrogen-bond acceptors (Lipinski definition) is 3. The SMILES string of the molecule is CCC(C(=N)C(=O)c1ccc(C(F)(F)F)cc1)c1ncc(-c2ccccc2)[nH]1. The van der Waals surface area contributed by atoms with Gasteiger partial charge in [-0.1, -0.05) is 49.4 Å². The molecule has 1 aromatic heterocycles. The molecule has 0 amide bonds. The number of Topliss-reactive ketones (excluding diaryl/α,β-unsaturated/α-hetero) is 1. The summed E-state index contributed by atoms with van der Waals surface area (Å²) in [5, 5.41) is 8.29. The minimum absolute atomic E-state index is 0.0475. The molecule has 0 fully saturated rings. The van der Waals surface area contributed by atoms with E-state index < -0.39 is 23.4 Å². The number of aromatic nitrogens is 2. The van der Waals surface area contributed by atoms with E-state index in [2.05, 4.69) is 9.97 Å². The van der Waals surface area contributed by atoms with E-state index in [1.54, 1.807) is 6.20 Å². The molecule has 0 saturated heterocycles. The number of halogens is 3. The first-order valence-electron chi connectivity index (χ1n) is 8.72. The van der Waals surface area contributed by atoms with Gasteiger partial charge < -0.3 is 10.4 Å². The molecule has 0 aliphatic carbocycles. The quantitative estimate of drug-likeness (QED) is 0.435. The van der Waals surface area contributed by atoms with Gasteiger partial charge in [0.05, 0.1) is 29.1 Å². The highest BCUT2D eigenvalue weighted by Gasteiger charge is 2.31. The first-order valence-corrected chi connectivity index (χ1v) is 8.72. The lowest BCUT2D eigenvalue weighted by molar-refractivity contribution is -0.137. The fourth-order valence-electron chi connectivity index (χ4n) is 2.94. The van der Waals surface area contributed by atoms with Gasteiger partial charge in [-0.2, -0.15) is 13.2 Å². The van der Waals surface area contributed by atoms with E-state index in [9.17, 15) is 18.0 Å². The number of hydrogen-bond donors (Lipinski definition) is 2. The number of carbonyl (C=O) groups excluding carboxylic acids is 1. The molecule has 1 unspecified atom stereocenters. The van der Waals surface area contributed by atoms with Crippen molar-refractivity contribution in [1.29, 1.82) is 5.41 Å². The number of nitrogens with one attached hydrogen (secondary N) is 2. The smallest absolute Gasteiger partial charge is 0.341 e. The Morgan fingerprint density at radius 3 is 2.32 bits per heavy atom. The van der Waals surface area contributed by atoms with Crippen LogP contribution in [0.25, 0.3) is 11.3 Å². The van der Waals surface area contributed by atoms with Crippen molar-refractivity contribution in [1.82, 2.24) is 9.97 Å². The Morgan fingerprint density at radius 1 is 1.11 bits per heavy atom. The third-order valence-electron chi connectivity index (χ3n) is 4.49. The third kappa shape index (κ3) is 4.03. The van der Waals surface area contributed by atoms with E-state index in [0.717, 1.165) is 35.5 Å². The first kappa shape index (κ1) is 19.5. The number of H-pyrrole nitrogens is 1. The molecule has 1 atom stereocenters. The summed E-state index contributed by atoms with van der Waals surface area (Å²) < 4.78 is 38.1. The average Bonchev–Trinajstić information content (AvgIpc) is 3.18. The Bertz CT molecular complexity index is 976. The maximum absolute atomic E-state index is 12.7. The van der Waals surface area contributed by atoms with Crippen LogP contribution in [0.1, 0.15) is 41.0 Å². The molecule has 7 heteroatoms. The molecule has 2 aromatic carbocycles. The number of imidazole rings is 1. The zero-order valence-electron chi connectivity index (χ0n) is 15.0.